The van der Waals surface area contributed by atoms with Crippen molar-refractivity contribution in [1.29, 1.82) is 0 Å². The topological polar surface area (TPSA) is 47.2 Å². The average Bonchev–Trinajstić information content (AvgIpc) is 2.31. The van der Waals surface area contributed by atoms with Crippen LogP contribution < -0.4 is 0 Å². The molecule has 1 aromatic heterocycles. The lowest BCUT2D eigenvalue weighted by Crippen LogP contribution is -2.08. The standard InChI is InChI=1S/C7H7N3O/c11-7-5-10-6(1-3-8-7)2-4-9-10/h2-4H,1,5H2. The lowest BCUT2D eigenvalue weighted by atomic mass is 10.3. The maximum absolute atomic E-state index is 10.9. The van der Waals surface area contributed by atoms with E-state index in [9.17, 15) is 4.79 Å². The Morgan fingerprint density at radius 1 is 1.55 bits per heavy atom. The Labute approximate surface area is 63.5 Å². The fraction of sp³-hybridized carbons (Fsp3) is 0.286. The van der Waals surface area contributed by atoms with Gasteiger partial charge in [-0.2, -0.15) is 5.10 Å². The number of hydrogen-bond acceptors (Lipinski definition) is 2. The molecule has 0 bridgehead atoms. The van der Waals surface area contributed by atoms with E-state index in [4.69, 9.17) is 0 Å². The van der Waals surface area contributed by atoms with Gasteiger partial charge in [-0.3, -0.25) is 9.48 Å². The van der Waals surface area contributed by atoms with E-state index in [0.717, 1.165) is 5.69 Å². The van der Waals surface area contributed by atoms with E-state index < -0.39 is 0 Å². The third kappa shape index (κ3) is 1.07. The van der Waals surface area contributed by atoms with E-state index in [-0.39, 0.29) is 12.5 Å². The number of hydrogen-bond donors (Lipinski definition) is 0. The number of rotatable bonds is 0. The van der Waals surface area contributed by atoms with Crippen LogP contribution in [0, 0.1) is 0 Å². The molecule has 2 rings (SSSR count). The summed E-state index contributed by atoms with van der Waals surface area (Å²) >= 11 is 0. The van der Waals surface area contributed by atoms with Gasteiger partial charge in [-0.05, 0) is 6.07 Å². The molecular formula is C7H7N3O. The molecule has 1 aliphatic rings. The number of fused-ring (bicyclic) bond motifs is 1. The van der Waals surface area contributed by atoms with E-state index in [1.807, 2.05) is 6.07 Å². The minimum atomic E-state index is -0.132. The molecule has 0 unspecified atom stereocenters. The van der Waals surface area contributed by atoms with Crippen molar-refractivity contribution < 1.29 is 4.79 Å². The van der Waals surface area contributed by atoms with Crippen molar-refractivity contribution in [3.63, 3.8) is 0 Å². The van der Waals surface area contributed by atoms with Gasteiger partial charge in [0.15, 0.2) is 0 Å². The van der Waals surface area contributed by atoms with Crippen LogP contribution in [-0.2, 0) is 17.8 Å². The van der Waals surface area contributed by atoms with E-state index >= 15 is 0 Å². The molecule has 0 aliphatic carbocycles. The van der Waals surface area contributed by atoms with Crippen LogP contribution in [0.2, 0.25) is 0 Å². The Kier molecular flexibility index (Phi) is 1.31. The Hall–Kier alpha value is -1.45. The summed E-state index contributed by atoms with van der Waals surface area (Å²) in [6.45, 7) is 0.277. The van der Waals surface area contributed by atoms with Gasteiger partial charge in [0.2, 0.25) is 0 Å². The van der Waals surface area contributed by atoms with E-state index in [1.54, 1.807) is 17.1 Å². The zero-order valence-corrected chi connectivity index (χ0v) is 5.90. The quantitative estimate of drug-likeness (QED) is 0.522. The van der Waals surface area contributed by atoms with Crippen LogP contribution in [0.15, 0.2) is 17.3 Å². The summed E-state index contributed by atoms with van der Waals surface area (Å²) in [4.78, 5) is 14.6. The first kappa shape index (κ1) is 6.27. The van der Waals surface area contributed by atoms with Gasteiger partial charge in [0.1, 0.15) is 6.54 Å². The van der Waals surface area contributed by atoms with Gasteiger partial charge in [-0.25, -0.2) is 4.99 Å². The predicted octanol–water partition coefficient (Wildman–Crippen LogP) is 0.0366. The van der Waals surface area contributed by atoms with Crippen LogP contribution in [0.25, 0.3) is 0 Å². The summed E-state index contributed by atoms with van der Waals surface area (Å²) in [7, 11) is 0. The molecule has 56 valence electrons. The molecule has 0 saturated carbocycles. The van der Waals surface area contributed by atoms with Crippen molar-refractivity contribution in [3.8, 4) is 0 Å². The molecule has 4 heteroatoms. The summed E-state index contributed by atoms with van der Waals surface area (Å²) in [5, 5.41) is 3.98. The second-order valence-electron chi connectivity index (χ2n) is 2.39. The minimum absolute atomic E-state index is 0.132. The van der Waals surface area contributed by atoms with Crippen molar-refractivity contribution in [2.24, 2.45) is 4.99 Å². The zero-order chi connectivity index (χ0) is 7.68. The van der Waals surface area contributed by atoms with Gasteiger partial charge < -0.3 is 0 Å². The van der Waals surface area contributed by atoms with Gasteiger partial charge in [-0.15, -0.1) is 0 Å². The molecule has 0 aromatic carbocycles. The third-order valence-electron chi connectivity index (χ3n) is 1.63. The number of carbonyl (C=O) groups is 1. The molecule has 0 saturated heterocycles. The first-order valence-corrected chi connectivity index (χ1v) is 3.42. The maximum Gasteiger partial charge on any atom is 0.267 e. The Morgan fingerprint density at radius 2 is 2.45 bits per heavy atom. The highest BCUT2D eigenvalue weighted by Gasteiger charge is 2.08. The van der Waals surface area contributed by atoms with Gasteiger partial charge in [0, 0.05) is 24.5 Å². The summed E-state index contributed by atoms with van der Waals surface area (Å²) in [6.07, 6.45) is 4.02. The monoisotopic (exact) mass is 149 g/mol. The van der Waals surface area contributed by atoms with Crippen molar-refractivity contribution in [2.75, 3.05) is 0 Å². The molecule has 0 N–H and O–H groups in total. The number of nitrogens with zero attached hydrogens (tertiary/aromatic N) is 3. The first-order chi connectivity index (χ1) is 5.36. The van der Waals surface area contributed by atoms with Gasteiger partial charge in [-0.1, -0.05) is 0 Å². The predicted molar refractivity (Wildman–Crippen MR) is 39.4 cm³/mol. The number of aromatic nitrogens is 2. The average molecular weight is 149 g/mol. The largest absolute Gasteiger partial charge is 0.270 e. The van der Waals surface area contributed by atoms with E-state index in [2.05, 4.69) is 10.1 Å². The summed E-state index contributed by atoms with van der Waals surface area (Å²) < 4.78 is 1.68. The number of aliphatic imine (C=N–C) groups is 1. The lowest BCUT2D eigenvalue weighted by Gasteiger charge is -1.97. The van der Waals surface area contributed by atoms with Crippen LogP contribution in [0.3, 0.4) is 0 Å². The second-order valence-corrected chi connectivity index (χ2v) is 2.39. The number of amides is 1. The third-order valence-corrected chi connectivity index (χ3v) is 1.63. The molecule has 0 fully saturated rings. The molecule has 1 amide bonds. The highest BCUT2D eigenvalue weighted by molar-refractivity contribution is 5.86. The summed E-state index contributed by atoms with van der Waals surface area (Å²) in [5.41, 5.74) is 1.04. The summed E-state index contributed by atoms with van der Waals surface area (Å²) in [6, 6.07) is 1.89. The maximum atomic E-state index is 10.9. The Balaban J connectivity index is 2.41. The highest BCUT2D eigenvalue weighted by Crippen LogP contribution is 2.02. The van der Waals surface area contributed by atoms with Crippen molar-refractivity contribution in [1.82, 2.24) is 9.78 Å². The van der Waals surface area contributed by atoms with Crippen LogP contribution >= 0.6 is 0 Å². The van der Waals surface area contributed by atoms with Crippen LogP contribution in [0.1, 0.15) is 5.69 Å². The molecule has 4 nitrogen and oxygen atoms in total. The summed E-state index contributed by atoms with van der Waals surface area (Å²) in [5.74, 6) is -0.132. The van der Waals surface area contributed by atoms with Crippen molar-refractivity contribution in [3.05, 3.63) is 18.0 Å². The Morgan fingerprint density at radius 3 is 3.36 bits per heavy atom. The van der Waals surface area contributed by atoms with Gasteiger partial charge in [0.05, 0.1) is 0 Å². The normalized spacial score (nSPS) is 16.2. The zero-order valence-electron chi connectivity index (χ0n) is 5.90. The molecule has 1 aromatic rings. The molecule has 11 heavy (non-hydrogen) atoms. The Bertz CT molecular complexity index is 313. The molecular weight excluding hydrogens is 142 g/mol. The van der Waals surface area contributed by atoms with Crippen LogP contribution in [0.5, 0.6) is 0 Å². The molecule has 0 radical (unpaired) electrons. The van der Waals surface area contributed by atoms with Crippen molar-refractivity contribution >= 4 is 12.1 Å². The van der Waals surface area contributed by atoms with Crippen LogP contribution in [-0.4, -0.2) is 21.9 Å². The minimum Gasteiger partial charge on any atom is -0.270 e. The second kappa shape index (κ2) is 2.30. The lowest BCUT2D eigenvalue weighted by molar-refractivity contribution is -0.118. The molecule has 0 spiro atoms. The van der Waals surface area contributed by atoms with Crippen molar-refractivity contribution in [2.45, 2.75) is 13.0 Å². The molecule has 2 heterocycles. The van der Waals surface area contributed by atoms with Gasteiger partial charge >= 0.3 is 0 Å². The highest BCUT2D eigenvalue weighted by atomic mass is 16.1. The molecule has 1 aliphatic heterocycles. The fourth-order valence-corrected chi connectivity index (χ4v) is 1.09. The smallest absolute Gasteiger partial charge is 0.267 e. The SMILES string of the molecule is O=C1Cn2nccc2CC=N1. The fourth-order valence-electron chi connectivity index (χ4n) is 1.09. The van der Waals surface area contributed by atoms with Gasteiger partial charge in [0.25, 0.3) is 5.91 Å². The first-order valence-electron chi connectivity index (χ1n) is 3.42. The van der Waals surface area contributed by atoms with Crippen LogP contribution in [0.4, 0.5) is 0 Å². The molecule has 0 atom stereocenters. The number of carbonyl (C=O) groups excluding carboxylic acids is 1. The van der Waals surface area contributed by atoms with E-state index in [0.29, 0.717) is 6.42 Å². The van der Waals surface area contributed by atoms with E-state index in [1.165, 1.54) is 0 Å².